The predicted octanol–water partition coefficient (Wildman–Crippen LogP) is 6.65. The van der Waals surface area contributed by atoms with E-state index in [-0.39, 0.29) is 31.0 Å². The molecule has 0 N–H and O–H groups in total. The van der Waals surface area contributed by atoms with Gasteiger partial charge in [-0.15, -0.1) is 0 Å². The maximum Gasteiger partial charge on any atom is 0.409 e. The van der Waals surface area contributed by atoms with Crippen molar-refractivity contribution in [1.29, 1.82) is 0 Å². The van der Waals surface area contributed by atoms with Gasteiger partial charge in [-0.05, 0) is 42.7 Å². The molecule has 0 aliphatic carbocycles. The smallest absolute Gasteiger partial charge is 0.409 e. The van der Waals surface area contributed by atoms with Gasteiger partial charge < -0.3 is 14.4 Å². The Morgan fingerprint density at radius 3 is 2.03 bits per heavy atom. The van der Waals surface area contributed by atoms with Gasteiger partial charge in [0.05, 0.1) is 13.0 Å². The Balaban J connectivity index is 2.11. The Morgan fingerprint density at radius 2 is 1.44 bits per heavy atom. The Bertz CT molecular complexity index is 825. The molecule has 5 nitrogen and oxygen atoms in total. The van der Waals surface area contributed by atoms with E-state index in [1.807, 2.05) is 60.4 Å². The lowest BCUT2D eigenvalue weighted by atomic mass is 9.94. The molecule has 0 heterocycles. The summed E-state index contributed by atoms with van der Waals surface area (Å²) in [5, 5.41) is 0. The van der Waals surface area contributed by atoms with E-state index in [1.165, 1.54) is 0 Å². The van der Waals surface area contributed by atoms with Gasteiger partial charge in [-0.25, -0.2) is 4.79 Å². The lowest BCUT2D eigenvalue weighted by Crippen LogP contribution is -2.40. The normalized spacial score (nSPS) is 12.6. The molecule has 2 atom stereocenters. The van der Waals surface area contributed by atoms with Gasteiger partial charge in [-0.2, -0.15) is 0 Å². The van der Waals surface area contributed by atoms with Crippen LogP contribution in [0, 0.1) is 11.8 Å². The lowest BCUT2D eigenvalue weighted by Gasteiger charge is -2.30. The third-order valence-corrected chi connectivity index (χ3v) is 6.09. The quantitative estimate of drug-likeness (QED) is 0.275. The van der Waals surface area contributed by atoms with Gasteiger partial charge in [0, 0.05) is 13.1 Å². The maximum absolute atomic E-state index is 12.8. The van der Waals surface area contributed by atoms with E-state index >= 15 is 0 Å². The topological polar surface area (TPSA) is 55.8 Å². The number of esters is 1. The van der Waals surface area contributed by atoms with Crippen LogP contribution in [-0.2, 0) is 27.3 Å². The number of unbranched alkanes of at least 4 members (excludes halogenated alkanes) is 1. The van der Waals surface area contributed by atoms with Crippen LogP contribution in [0.2, 0.25) is 0 Å². The second-order valence-corrected chi connectivity index (χ2v) is 8.93. The van der Waals surface area contributed by atoms with E-state index in [1.54, 1.807) is 0 Å². The molecule has 0 bridgehead atoms. The minimum Gasteiger partial charge on any atom is -0.461 e. The number of ether oxygens (including phenoxy) is 2. The van der Waals surface area contributed by atoms with Crippen LogP contribution in [-0.4, -0.2) is 36.7 Å². The third kappa shape index (κ3) is 10.4. The minimum atomic E-state index is -0.298. The summed E-state index contributed by atoms with van der Waals surface area (Å²) in [6, 6.07) is 19.8. The molecular weight excluding hydrogens is 426 g/mol. The largest absolute Gasteiger partial charge is 0.461 e. The zero-order valence-electron chi connectivity index (χ0n) is 21.1. The fourth-order valence-corrected chi connectivity index (χ4v) is 4.16. The maximum atomic E-state index is 12.8. The highest BCUT2D eigenvalue weighted by Crippen LogP contribution is 2.20. The number of nitrogens with zero attached hydrogens (tertiary/aromatic N) is 1. The van der Waals surface area contributed by atoms with Gasteiger partial charge in [0.25, 0.3) is 0 Å². The zero-order chi connectivity index (χ0) is 24.6. The zero-order valence-corrected chi connectivity index (χ0v) is 21.1. The fourth-order valence-electron chi connectivity index (χ4n) is 4.16. The van der Waals surface area contributed by atoms with Crippen molar-refractivity contribution in [3.05, 3.63) is 71.8 Å². The highest BCUT2D eigenvalue weighted by Gasteiger charge is 2.25. The lowest BCUT2D eigenvalue weighted by molar-refractivity contribution is -0.146. The molecule has 0 radical (unpaired) electrons. The van der Waals surface area contributed by atoms with Crippen LogP contribution in [0.1, 0.15) is 64.0 Å². The molecule has 2 unspecified atom stereocenters. The molecule has 0 saturated heterocycles. The average molecular weight is 468 g/mol. The molecule has 0 saturated carbocycles. The highest BCUT2D eigenvalue weighted by atomic mass is 16.6. The molecule has 186 valence electrons. The van der Waals surface area contributed by atoms with Crippen molar-refractivity contribution in [1.82, 2.24) is 4.90 Å². The highest BCUT2D eigenvalue weighted by molar-refractivity contribution is 5.70. The van der Waals surface area contributed by atoms with Crippen LogP contribution in [0.15, 0.2) is 60.7 Å². The summed E-state index contributed by atoms with van der Waals surface area (Å²) in [5.74, 6) is 0.122. The number of benzene rings is 2. The van der Waals surface area contributed by atoms with Crippen LogP contribution in [0.3, 0.4) is 0 Å². The van der Waals surface area contributed by atoms with Crippen LogP contribution >= 0.6 is 0 Å². The van der Waals surface area contributed by atoms with E-state index in [4.69, 9.17) is 9.47 Å². The van der Waals surface area contributed by atoms with Crippen LogP contribution in [0.25, 0.3) is 0 Å². The molecule has 0 aromatic heterocycles. The Kier molecular flexibility index (Phi) is 12.8. The SMILES string of the molecule is CCCCC(CC)CN(CC(CC(=O)OCc1ccccc1)Cc1ccccc1)C(=O)OCC. The molecule has 2 aromatic rings. The average Bonchev–Trinajstić information content (AvgIpc) is 2.86. The van der Waals surface area contributed by atoms with E-state index in [9.17, 15) is 9.59 Å². The van der Waals surface area contributed by atoms with Gasteiger partial charge in [0.1, 0.15) is 6.61 Å². The summed E-state index contributed by atoms with van der Waals surface area (Å²) < 4.78 is 11.0. The van der Waals surface area contributed by atoms with E-state index in [2.05, 4.69) is 26.0 Å². The summed E-state index contributed by atoms with van der Waals surface area (Å²) in [4.78, 5) is 27.4. The van der Waals surface area contributed by atoms with Crippen LogP contribution < -0.4 is 0 Å². The molecule has 0 spiro atoms. The second kappa shape index (κ2) is 15.9. The van der Waals surface area contributed by atoms with Crippen molar-refractivity contribution in [3.8, 4) is 0 Å². The molecule has 0 aliphatic rings. The molecule has 2 rings (SSSR count). The van der Waals surface area contributed by atoms with Crippen molar-refractivity contribution in [2.45, 2.75) is 65.9 Å². The first-order valence-electron chi connectivity index (χ1n) is 12.7. The second-order valence-electron chi connectivity index (χ2n) is 8.93. The molecule has 2 aromatic carbocycles. The van der Waals surface area contributed by atoms with Crippen molar-refractivity contribution in [3.63, 3.8) is 0 Å². The number of carbonyl (C=O) groups is 2. The van der Waals surface area contributed by atoms with Crippen LogP contribution in [0.5, 0.6) is 0 Å². The number of hydrogen-bond acceptors (Lipinski definition) is 4. The first-order chi connectivity index (χ1) is 16.5. The van der Waals surface area contributed by atoms with Crippen molar-refractivity contribution >= 4 is 12.1 Å². The number of hydrogen-bond donors (Lipinski definition) is 0. The van der Waals surface area contributed by atoms with Crippen molar-refractivity contribution < 1.29 is 19.1 Å². The summed E-state index contributed by atoms with van der Waals surface area (Å²) in [6.45, 7) is 7.90. The molecule has 5 heteroatoms. The molecule has 0 fully saturated rings. The molecule has 34 heavy (non-hydrogen) atoms. The predicted molar refractivity (Wildman–Crippen MR) is 136 cm³/mol. The molecule has 0 aliphatic heterocycles. The van der Waals surface area contributed by atoms with E-state index in [0.29, 0.717) is 32.0 Å². The minimum absolute atomic E-state index is 0.0567. The van der Waals surface area contributed by atoms with Crippen LogP contribution in [0.4, 0.5) is 4.79 Å². The number of rotatable bonds is 15. The van der Waals surface area contributed by atoms with Gasteiger partial charge in [0.2, 0.25) is 0 Å². The summed E-state index contributed by atoms with van der Waals surface area (Å²) in [7, 11) is 0. The van der Waals surface area contributed by atoms with E-state index < -0.39 is 0 Å². The van der Waals surface area contributed by atoms with Gasteiger partial charge in [0.15, 0.2) is 0 Å². The van der Waals surface area contributed by atoms with Gasteiger partial charge in [-0.1, -0.05) is 93.8 Å². The Labute approximate surface area is 205 Å². The summed E-state index contributed by atoms with van der Waals surface area (Å²) in [6.07, 6.45) is 5.04. The first-order valence-corrected chi connectivity index (χ1v) is 12.7. The summed E-state index contributed by atoms with van der Waals surface area (Å²) in [5.41, 5.74) is 2.11. The Hall–Kier alpha value is -2.82. The van der Waals surface area contributed by atoms with Gasteiger partial charge in [-0.3, -0.25) is 4.79 Å². The number of carbonyl (C=O) groups excluding carboxylic acids is 2. The fraction of sp³-hybridized carbons (Fsp3) is 0.517. The van der Waals surface area contributed by atoms with E-state index in [0.717, 1.165) is 36.8 Å². The first kappa shape index (κ1) is 27.4. The standard InChI is InChI=1S/C29H41NO4/c1-4-7-14-24(5-2)21-30(29(32)33-6-3)22-27(19-25-15-10-8-11-16-25)20-28(31)34-23-26-17-12-9-13-18-26/h8-13,15-18,24,27H,4-7,14,19-23H2,1-3H3. The van der Waals surface area contributed by atoms with Crippen molar-refractivity contribution in [2.75, 3.05) is 19.7 Å². The molecular formula is C29H41NO4. The van der Waals surface area contributed by atoms with Crippen molar-refractivity contribution in [2.24, 2.45) is 11.8 Å². The molecule has 1 amide bonds. The van der Waals surface area contributed by atoms with Gasteiger partial charge >= 0.3 is 12.1 Å². The number of amides is 1. The Morgan fingerprint density at radius 1 is 0.824 bits per heavy atom. The third-order valence-electron chi connectivity index (χ3n) is 6.09. The summed E-state index contributed by atoms with van der Waals surface area (Å²) >= 11 is 0. The monoisotopic (exact) mass is 467 g/mol.